The monoisotopic (exact) mass is 293 g/mol. The summed E-state index contributed by atoms with van der Waals surface area (Å²) in [6.07, 6.45) is 0.367. The summed E-state index contributed by atoms with van der Waals surface area (Å²) < 4.78 is 19.1. The number of ether oxygens (including phenoxy) is 1. The maximum atomic E-state index is 13.8. The molecule has 2 N–H and O–H groups in total. The van der Waals surface area contributed by atoms with Crippen molar-refractivity contribution in [1.29, 1.82) is 0 Å². The van der Waals surface area contributed by atoms with Gasteiger partial charge in [0.2, 0.25) is 0 Å². The Morgan fingerprint density at radius 2 is 2.00 bits per heavy atom. The Kier molecular flexibility index (Phi) is 4.63. The quantitative estimate of drug-likeness (QED) is 0.923. The molecule has 106 valence electrons. The zero-order valence-corrected chi connectivity index (χ0v) is 12.2. The largest absolute Gasteiger partial charge is 0.496 e. The zero-order chi connectivity index (χ0) is 14.7. The van der Waals surface area contributed by atoms with Crippen LogP contribution in [-0.2, 0) is 6.42 Å². The summed E-state index contributed by atoms with van der Waals surface area (Å²) in [6, 6.07) is 9.94. The number of hydrogen-bond donors (Lipinski definition) is 1. The standard InChI is InChI=1S/C16H17ClFNO/c1-10-3-6-16(20-2)13(7-10)15(19)9-11-8-12(17)4-5-14(11)18/h3-8,15H,9,19H2,1-2H3. The summed E-state index contributed by atoms with van der Waals surface area (Å²) in [4.78, 5) is 0. The predicted octanol–water partition coefficient (Wildman–Crippen LogP) is 4.04. The van der Waals surface area contributed by atoms with Gasteiger partial charge >= 0.3 is 0 Å². The van der Waals surface area contributed by atoms with Crippen LogP contribution in [0.1, 0.15) is 22.7 Å². The maximum Gasteiger partial charge on any atom is 0.126 e. The van der Waals surface area contributed by atoms with Gasteiger partial charge in [0.25, 0.3) is 0 Å². The number of nitrogens with two attached hydrogens (primary N) is 1. The lowest BCUT2D eigenvalue weighted by molar-refractivity contribution is 0.405. The second-order valence-corrected chi connectivity index (χ2v) is 5.23. The smallest absolute Gasteiger partial charge is 0.126 e. The van der Waals surface area contributed by atoms with E-state index >= 15 is 0 Å². The van der Waals surface area contributed by atoms with Crippen LogP contribution in [0.4, 0.5) is 4.39 Å². The molecule has 2 aromatic carbocycles. The van der Waals surface area contributed by atoms with Crippen molar-refractivity contribution >= 4 is 11.6 Å². The summed E-state index contributed by atoms with van der Waals surface area (Å²) in [7, 11) is 1.60. The number of aryl methyl sites for hydroxylation is 1. The lowest BCUT2D eigenvalue weighted by Gasteiger charge is -2.17. The van der Waals surface area contributed by atoms with Crippen LogP contribution in [0.25, 0.3) is 0 Å². The van der Waals surface area contributed by atoms with Gasteiger partial charge < -0.3 is 10.5 Å². The fraction of sp³-hybridized carbons (Fsp3) is 0.250. The summed E-state index contributed by atoms with van der Waals surface area (Å²) in [5.74, 6) is 0.419. The first-order chi connectivity index (χ1) is 9.51. The van der Waals surface area contributed by atoms with Crippen LogP contribution in [0, 0.1) is 12.7 Å². The van der Waals surface area contributed by atoms with Crippen molar-refractivity contribution in [3.63, 3.8) is 0 Å². The van der Waals surface area contributed by atoms with Crippen molar-refractivity contribution in [2.75, 3.05) is 7.11 Å². The van der Waals surface area contributed by atoms with Crippen LogP contribution < -0.4 is 10.5 Å². The van der Waals surface area contributed by atoms with Gasteiger partial charge in [0.05, 0.1) is 7.11 Å². The third-order valence-corrected chi connectivity index (χ3v) is 3.47. The predicted molar refractivity (Wildman–Crippen MR) is 79.8 cm³/mol. The second-order valence-electron chi connectivity index (χ2n) is 4.79. The first-order valence-electron chi connectivity index (χ1n) is 6.35. The van der Waals surface area contributed by atoms with E-state index in [0.29, 0.717) is 22.8 Å². The highest BCUT2D eigenvalue weighted by molar-refractivity contribution is 6.30. The Labute approximate surface area is 123 Å². The molecule has 0 saturated carbocycles. The normalized spacial score (nSPS) is 12.2. The summed E-state index contributed by atoms with van der Waals surface area (Å²) in [5, 5.41) is 0.504. The highest BCUT2D eigenvalue weighted by Crippen LogP contribution is 2.28. The number of benzene rings is 2. The number of rotatable bonds is 4. The van der Waals surface area contributed by atoms with Crippen molar-refractivity contribution in [3.8, 4) is 5.75 Å². The zero-order valence-electron chi connectivity index (χ0n) is 11.5. The van der Waals surface area contributed by atoms with Crippen LogP contribution in [-0.4, -0.2) is 7.11 Å². The minimum atomic E-state index is -0.349. The number of methoxy groups -OCH3 is 1. The van der Waals surface area contributed by atoms with Crippen molar-refractivity contribution in [2.45, 2.75) is 19.4 Å². The highest BCUT2D eigenvalue weighted by Gasteiger charge is 2.15. The molecule has 0 aromatic heterocycles. The van der Waals surface area contributed by atoms with Crippen molar-refractivity contribution in [1.82, 2.24) is 0 Å². The molecule has 2 rings (SSSR count). The average molecular weight is 294 g/mol. The summed E-state index contributed by atoms with van der Waals surface area (Å²) in [5.41, 5.74) is 8.66. The molecule has 0 amide bonds. The Bertz CT molecular complexity index is 615. The molecular formula is C16H17ClFNO. The highest BCUT2D eigenvalue weighted by atomic mass is 35.5. The Balaban J connectivity index is 2.30. The van der Waals surface area contributed by atoms with Crippen molar-refractivity contribution in [3.05, 3.63) is 63.9 Å². The van der Waals surface area contributed by atoms with E-state index in [-0.39, 0.29) is 11.9 Å². The first kappa shape index (κ1) is 14.8. The molecule has 0 radical (unpaired) electrons. The lowest BCUT2D eigenvalue weighted by atomic mass is 9.97. The molecule has 0 aliphatic heterocycles. The molecule has 2 aromatic rings. The lowest BCUT2D eigenvalue weighted by Crippen LogP contribution is -2.15. The van der Waals surface area contributed by atoms with Crippen LogP contribution in [0.15, 0.2) is 36.4 Å². The molecule has 1 atom stereocenters. The van der Waals surface area contributed by atoms with Crippen LogP contribution in [0.3, 0.4) is 0 Å². The third kappa shape index (κ3) is 3.30. The van der Waals surface area contributed by atoms with E-state index in [1.807, 2.05) is 25.1 Å². The van der Waals surface area contributed by atoms with E-state index in [1.165, 1.54) is 12.1 Å². The van der Waals surface area contributed by atoms with E-state index in [9.17, 15) is 4.39 Å². The van der Waals surface area contributed by atoms with Gasteiger partial charge in [-0.1, -0.05) is 29.3 Å². The molecular weight excluding hydrogens is 277 g/mol. The minimum Gasteiger partial charge on any atom is -0.496 e. The van der Waals surface area contributed by atoms with Gasteiger partial charge in [-0.05, 0) is 43.2 Å². The molecule has 1 unspecified atom stereocenters. The van der Waals surface area contributed by atoms with E-state index < -0.39 is 0 Å². The number of hydrogen-bond acceptors (Lipinski definition) is 2. The fourth-order valence-corrected chi connectivity index (χ4v) is 2.38. The SMILES string of the molecule is COc1ccc(C)cc1C(N)Cc1cc(Cl)ccc1F. The van der Waals surface area contributed by atoms with Gasteiger partial charge in [0, 0.05) is 16.6 Å². The molecule has 20 heavy (non-hydrogen) atoms. The topological polar surface area (TPSA) is 35.2 Å². The Hall–Kier alpha value is -1.58. The van der Waals surface area contributed by atoms with Crippen LogP contribution in [0.5, 0.6) is 5.75 Å². The minimum absolute atomic E-state index is 0.295. The summed E-state index contributed by atoms with van der Waals surface area (Å²) >= 11 is 5.90. The van der Waals surface area contributed by atoms with Gasteiger partial charge in [-0.2, -0.15) is 0 Å². The molecule has 0 aliphatic carbocycles. The first-order valence-corrected chi connectivity index (χ1v) is 6.73. The van der Waals surface area contributed by atoms with Gasteiger partial charge in [-0.3, -0.25) is 0 Å². The average Bonchev–Trinajstić information content (AvgIpc) is 2.42. The fourth-order valence-electron chi connectivity index (χ4n) is 2.19. The van der Waals surface area contributed by atoms with Gasteiger partial charge in [-0.25, -0.2) is 4.39 Å². The molecule has 0 bridgehead atoms. The summed E-state index contributed by atoms with van der Waals surface area (Å²) in [6.45, 7) is 1.98. The van der Waals surface area contributed by atoms with Crippen LogP contribution >= 0.6 is 11.6 Å². The van der Waals surface area contributed by atoms with Gasteiger partial charge in [0.15, 0.2) is 0 Å². The molecule has 2 nitrogen and oxygen atoms in total. The van der Waals surface area contributed by atoms with E-state index in [0.717, 1.165) is 11.1 Å². The number of halogens is 2. The maximum absolute atomic E-state index is 13.8. The van der Waals surface area contributed by atoms with Crippen LogP contribution in [0.2, 0.25) is 5.02 Å². The Morgan fingerprint density at radius 1 is 1.25 bits per heavy atom. The molecule has 0 aliphatic rings. The van der Waals surface area contributed by atoms with E-state index in [4.69, 9.17) is 22.1 Å². The third-order valence-electron chi connectivity index (χ3n) is 3.23. The van der Waals surface area contributed by atoms with Gasteiger partial charge in [-0.15, -0.1) is 0 Å². The van der Waals surface area contributed by atoms with E-state index in [2.05, 4.69) is 0 Å². The molecule has 4 heteroatoms. The molecule has 0 heterocycles. The Morgan fingerprint density at radius 3 is 2.70 bits per heavy atom. The molecule has 0 saturated heterocycles. The molecule has 0 fully saturated rings. The van der Waals surface area contributed by atoms with E-state index in [1.54, 1.807) is 13.2 Å². The van der Waals surface area contributed by atoms with Crippen molar-refractivity contribution in [2.24, 2.45) is 5.73 Å². The van der Waals surface area contributed by atoms with Gasteiger partial charge in [0.1, 0.15) is 11.6 Å². The second kappa shape index (κ2) is 6.25. The molecule has 0 spiro atoms. The van der Waals surface area contributed by atoms with Crippen molar-refractivity contribution < 1.29 is 9.13 Å².